The van der Waals surface area contributed by atoms with Gasteiger partial charge in [0.1, 0.15) is 11.9 Å². The number of aryl methyl sites for hydroxylation is 3. The molecule has 2 N–H and O–H groups in total. The third-order valence-electron chi connectivity index (χ3n) is 6.28. The molecule has 4 aromatic rings. The summed E-state index contributed by atoms with van der Waals surface area (Å²) >= 11 is 0. The number of anilines is 1. The fraction of sp³-hybridized carbons (Fsp3) is 0.241. The molecule has 2 aromatic carbocycles. The van der Waals surface area contributed by atoms with E-state index >= 15 is 0 Å². The third-order valence-corrected chi connectivity index (χ3v) is 6.28. The van der Waals surface area contributed by atoms with Crippen LogP contribution in [0.1, 0.15) is 44.6 Å². The van der Waals surface area contributed by atoms with Crippen LogP contribution < -0.4 is 5.32 Å². The van der Waals surface area contributed by atoms with Crippen molar-refractivity contribution >= 4 is 17.8 Å². The van der Waals surface area contributed by atoms with E-state index in [2.05, 4.69) is 20.4 Å². The summed E-state index contributed by atoms with van der Waals surface area (Å²) in [5.41, 5.74) is 3.06. The van der Waals surface area contributed by atoms with Crippen LogP contribution in [-0.2, 0) is 24.2 Å². The number of carbonyl (C=O) groups is 2. The minimum atomic E-state index is -1.46. The number of nitrogens with zero attached hydrogens (tertiary/aromatic N) is 5. The third kappa shape index (κ3) is 6.71. The zero-order valence-corrected chi connectivity index (χ0v) is 21.6. The molecule has 2 atom stereocenters. The number of aromatic nitrogens is 3. The lowest BCUT2D eigenvalue weighted by Crippen LogP contribution is -2.30. The van der Waals surface area contributed by atoms with Crippen LogP contribution in [0.15, 0.2) is 77.6 Å². The minimum Gasteiger partial charge on any atom is -0.386 e. The van der Waals surface area contributed by atoms with Gasteiger partial charge in [0.15, 0.2) is 5.92 Å². The van der Waals surface area contributed by atoms with Gasteiger partial charge in [-0.15, -0.1) is 0 Å². The summed E-state index contributed by atoms with van der Waals surface area (Å²) < 4.78 is 4.94. The van der Waals surface area contributed by atoms with Crippen molar-refractivity contribution in [2.75, 3.05) is 12.4 Å². The molecule has 0 saturated heterocycles. The van der Waals surface area contributed by atoms with Crippen molar-refractivity contribution in [2.45, 2.75) is 32.4 Å². The van der Waals surface area contributed by atoms with Crippen LogP contribution in [0, 0.1) is 24.2 Å². The lowest BCUT2D eigenvalue weighted by molar-refractivity contribution is -0.121. The molecule has 0 aliphatic heterocycles. The molecule has 0 aliphatic rings. The molecule has 2 unspecified atom stereocenters. The Kier molecular flexibility index (Phi) is 8.76. The summed E-state index contributed by atoms with van der Waals surface area (Å²) in [4.78, 5) is 36.6. The molecule has 2 amide bonds. The summed E-state index contributed by atoms with van der Waals surface area (Å²) in [6.45, 7) is 1.98. The van der Waals surface area contributed by atoms with E-state index < -0.39 is 17.9 Å². The van der Waals surface area contributed by atoms with Gasteiger partial charge in [0.25, 0.3) is 5.91 Å². The molecule has 0 spiro atoms. The summed E-state index contributed by atoms with van der Waals surface area (Å²) in [5, 5.41) is 26.3. The number of nitrogens with one attached hydrogen (secondary N) is 1. The number of amides is 2. The summed E-state index contributed by atoms with van der Waals surface area (Å²) in [6, 6.07) is 21.2. The number of hydrogen-bond acceptors (Lipinski definition) is 8. The average Bonchev–Trinajstić information content (AvgIpc) is 3.38. The van der Waals surface area contributed by atoms with E-state index in [0.717, 1.165) is 11.1 Å². The van der Waals surface area contributed by atoms with Crippen molar-refractivity contribution in [1.29, 1.82) is 5.26 Å². The molecule has 2 aromatic heterocycles. The second-order valence-electron chi connectivity index (χ2n) is 9.06. The van der Waals surface area contributed by atoms with E-state index in [1.807, 2.05) is 66.7 Å². The maximum Gasteiger partial charge on any atom is 0.257 e. The van der Waals surface area contributed by atoms with E-state index in [-0.39, 0.29) is 17.4 Å². The Morgan fingerprint density at radius 1 is 1.05 bits per heavy atom. The van der Waals surface area contributed by atoms with Gasteiger partial charge >= 0.3 is 0 Å². The van der Waals surface area contributed by atoms with E-state index in [1.165, 1.54) is 12.4 Å². The molecule has 4 rings (SSSR count). The highest BCUT2D eigenvalue weighted by Gasteiger charge is 2.31. The summed E-state index contributed by atoms with van der Waals surface area (Å²) in [6.07, 6.45) is 2.23. The van der Waals surface area contributed by atoms with Gasteiger partial charge in [-0.1, -0.05) is 65.8 Å². The van der Waals surface area contributed by atoms with Crippen LogP contribution in [0.25, 0.3) is 0 Å². The van der Waals surface area contributed by atoms with E-state index in [4.69, 9.17) is 4.52 Å². The van der Waals surface area contributed by atoms with Gasteiger partial charge in [-0.05, 0) is 30.9 Å². The highest BCUT2D eigenvalue weighted by molar-refractivity contribution is 5.96. The van der Waals surface area contributed by atoms with Gasteiger partial charge < -0.3 is 14.5 Å². The van der Waals surface area contributed by atoms with Gasteiger partial charge in [-0.3, -0.25) is 14.9 Å². The molecule has 0 radical (unpaired) electrons. The molecule has 10 heteroatoms. The number of rotatable bonds is 10. The Balaban J connectivity index is 1.57. The SMILES string of the molecule is Cc1oncc1C(O)C(C#N)C(=O)Nc1ncc(C(=O)N(C)Cc2ccccc2)c(CCc2ccccc2)n1. The molecule has 198 valence electrons. The van der Waals surface area contributed by atoms with Crippen LogP contribution in [0.3, 0.4) is 0 Å². The molecular weight excluding hydrogens is 496 g/mol. The molecule has 0 saturated carbocycles. The zero-order chi connectivity index (χ0) is 27.8. The Morgan fingerprint density at radius 2 is 1.72 bits per heavy atom. The van der Waals surface area contributed by atoms with Gasteiger partial charge in [0.2, 0.25) is 11.9 Å². The fourth-order valence-corrected chi connectivity index (χ4v) is 4.12. The first-order valence-electron chi connectivity index (χ1n) is 12.4. The Hall–Kier alpha value is -4.88. The van der Waals surface area contributed by atoms with Crippen molar-refractivity contribution in [1.82, 2.24) is 20.0 Å². The smallest absolute Gasteiger partial charge is 0.257 e. The largest absolute Gasteiger partial charge is 0.386 e. The molecule has 0 aliphatic carbocycles. The van der Waals surface area contributed by atoms with Gasteiger partial charge in [0.05, 0.1) is 23.5 Å². The van der Waals surface area contributed by atoms with Gasteiger partial charge in [0, 0.05) is 25.4 Å². The quantitative estimate of drug-likeness (QED) is 0.320. The Labute approximate surface area is 225 Å². The van der Waals surface area contributed by atoms with Crippen molar-refractivity contribution in [3.8, 4) is 6.07 Å². The first-order valence-corrected chi connectivity index (χ1v) is 12.4. The van der Waals surface area contributed by atoms with E-state index in [1.54, 1.807) is 18.9 Å². The predicted molar refractivity (Wildman–Crippen MR) is 142 cm³/mol. The van der Waals surface area contributed by atoms with Crippen LogP contribution in [0.4, 0.5) is 5.95 Å². The number of hydrogen-bond donors (Lipinski definition) is 2. The van der Waals surface area contributed by atoms with Crippen molar-refractivity contribution < 1.29 is 19.2 Å². The number of nitriles is 1. The molecule has 39 heavy (non-hydrogen) atoms. The minimum absolute atomic E-state index is 0.0696. The zero-order valence-electron chi connectivity index (χ0n) is 21.6. The van der Waals surface area contributed by atoms with Crippen LogP contribution in [0.5, 0.6) is 0 Å². The number of aliphatic hydroxyl groups is 1. The maximum atomic E-state index is 13.4. The summed E-state index contributed by atoms with van der Waals surface area (Å²) in [7, 11) is 1.71. The van der Waals surface area contributed by atoms with Gasteiger partial charge in [-0.25, -0.2) is 9.97 Å². The topological polar surface area (TPSA) is 145 Å². The van der Waals surface area contributed by atoms with E-state index in [0.29, 0.717) is 36.4 Å². The monoisotopic (exact) mass is 524 g/mol. The summed E-state index contributed by atoms with van der Waals surface area (Å²) in [5.74, 6) is -2.27. The fourth-order valence-electron chi connectivity index (χ4n) is 4.12. The first kappa shape index (κ1) is 27.2. The number of carbonyl (C=O) groups excluding carboxylic acids is 2. The highest BCUT2D eigenvalue weighted by atomic mass is 16.5. The first-order chi connectivity index (χ1) is 18.9. The Morgan fingerprint density at radius 3 is 2.33 bits per heavy atom. The number of aliphatic hydroxyl groups excluding tert-OH is 1. The second-order valence-corrected chi connectivity index (χ2v) is 9.06. The predicted octanol–water partition coefficient (Wildman–Crippen LogP) is 3.64. The highest BCUT2D eigenvalue weighted by Crippen LogP contribution is 2.25. The van der Waals surface area contributed by atoms with E-state index in [9.17, 15) is 20.0 Å². The molecule has 0 fully saturated rings. The number of benzene rings is 2. The van der Waals surface area contributed by atoms with Crippen molar-refractivity contribution in [2.24, 2.45) is 5.92 Å². The van der Waals surface area contributed by atoms with Crippen LogP contribution >= 0.6 is 0 Å². The lowest BCUT2D eigenvalue weighted by atomic mass is 9.97. The molecule has 10 nitrogen and oxygen atoms in total. The standard InChI is InChI=1S/C29H28N6O4/c1-19-23(17-32-39-19)26(36)22(15-30)27(37)34-29-31-16-24(25(33-29)14-13-20-9-5-3-6-10-20)28(38)35(2)18-21-11-7-4-8-12-21/h3-12,16-17,22,26,36H,13-14,18H2,1-2H3,(H,31,33,34,37). The normalized spacial score (nSPS) is 12.3. The second kappa shape index (κ2) is 12.6. The Bertz CT molecular complexity index is 1470. The van der Waals surface area contributed by atoms with Crippen LogP contribution in [-0.4, -0.2) is 44.0 Å². The molecular formula is C29H28N6O4. The van der Waals surface area contributed by atoms with Crippen LogP contribution in [0.2, 0.25) is 0 Å². The molecule has 0 bridgehead atoms. The maximum absolute atomic E-state index is 13.4. The average molecular weight is 525 g/mol. The lowest BCUT2D eigenvalue weighted by Gasteiger charge is -2.19. The molecule has 2 heterocycles. The van der Waals surface area contributed by atoms with Gasteiger partial charge in [-0.2, -0.15) is 5.26 Å². The van der Waals surface area contributed by atoms with Crippen molar-refractivity contribution in [3.63, 3.8) is 0 Å². The van der Waals surface area contributed by atoms with Crippen molar-refractivity contribution in [3.05, 3.63) is 107 Å².